The maximum absolute atomic E-state index is 12.7. The van der Waals surface area contributed by atoms with Crippen LogP contribution in [0.15, 0.2) is 11.1 Å². The molecule has 0 aliphatic carbocycles. The van der Waals surface area contributed by atoms with Gasteiger partial charge in [0.1, 0.15) is 0 Å². The molecule has 0 unspecified atom stereocenters. The van der Waals surface area contributed by atoms with Gasteiger partial charge in [-0.25, -0.2) is 18.5 Å². The number of ether oxygens (including phenoxy) is 1. The van der Waals surface area contributed by atoms with Crippen molar-refractivity contribution in [3.63, 3.8) is 0 Å². The molecule has 0 fully saturated rings. The van der Waals surface area contributed by atoms with Gasteiger partial charge in [-0.2, -0.15) is 13.2 Å². The number of rotatable bonds is 3. The van der Waals surface area contributed by atoms with Crippen molar-refractivity contribution >= 4 is 10.0 Å². The zero-order valence-corrected chi connectivity index (χ0v) is 10.6. The van der Waals surface area contributed by atoms with Crippen LogP contribution < -0.4 is 15.6 Å². The summed E-state index contributed by atoms with van der Waals surface area (Å²) in [5, 5.41) is 2.85. The Morgan fingerprint density at radius 3 is 2.05 bits per heavy atom. The lowest BCUT2D eigenvalue weighted by atomic mass is 10.2. The van der Waals surface area contributed by atoms with E-state index in [1.807, 2.05) is 0 Å². The molecule has 0 saturated heterocycles. The Balaban J connectivity index is 3.65. The zero-order valence-electron chi connectivity index (χ0n) is 9.79. The van der Waals surface area contributed by atoms with Crippen LogP contribution in [-0.4, -0.2) is 19.8 Å². The molecule has 0 amide bonds. The summed E-state index contributed by atoms with van der Waals surface area (Å²) in [6.45, 7) is -0.846. The normalized spacial score (nSPS) is 13.3. The molecule has 1 heterocycles. The van der Waals surface area contributed by atoms with E-state index in [-0.39, 0.29) is 6.07 Å². The molecule has 0 atom stereocenters. The van der Waals surface area contributed by atoms with Crippen molar-refractivity contribution < 1.29 is 39.5 Å². The Labute approximate surface area is 113 Å². The summed E-state index contributed by atoms with van der Waals surface area (Å²) in [5.41, 5.74) is 2.34. The number of sulfonamides is 1. The van der Waals surface area contributed by atoms with Gasteiger partial charge in [-0.1, -0.05) is 0 Å². The summed E-state index contributed by atoms with van der Waals surface area (Å²) >= 11 is 0. The van der Waals surface area contributed by atoms with E-state index in [1.165, 1.54) is 0 Å². The maximum Gasteiger partial charge on any atom is 0.573 e. The van der Waals surface area contributed by atoms with Crippen LogP contribution in [0.1, 0.15) is 11.3 Å². The highest BCUT2D eigenvalue weighted by Crippen LogP contribution is 2.36. The second-order valence-corrected chi connectivity index (χ2v) is 5.07. The van der Waals surface area contributed by atoms with Crippen LogP contribution in [0, 0.1) is 0 Å². The van der Waals surface area contributed by atoms with Crippen molar-refractivity contribution in [2.45, 2.75) is 24.1 Å². The largest absolute Gasteiger partial charge is 0.573 e. The summed E-state index contributed by atoms with van der Waals surface area (Å²) in [6, 6.07) is 0.184. The number of hydrogen-bond acceptors (Lipinski definition) is 5. The third-order valence-electron chi connectivity index (χ3n) is 2.02. The number of alkyl halides is 6. The second-order valence-electron chi connectivity index (χ2n) is 3.59. The number of nitrogens with zero attached hydrogens (tertiary/aromatic N) is 1. The molecule has 1 rings (SSSR count). The summed E-state index contributed by atoms with van der Waals surface area (Å²) < 4.78 is 99.9. The Morgan fingerprint density at radius 2 is 1.71 bits per heavy atom. The molecule has 4 N–H and O–H groups in total. The lowest BCUT2D eigenvalue weighted by Gasteiger charge is -2.16. The van der Waals surface area contributed by atoms with Crippen LogP contribution in [0.25, 0.3) is 0 Å². The maximum atomic E-state index is 12.7. The predicted octanol–water partition coefficient (Wildman–Crippen LogP) is 1.11. The molecule has 0 saturated carbocycles. The fraction of sp³-hybridized carbons (Fsp3) is 0.375. The fourth-order valence-electron chi connectivity index (χ4n) is 1.32. The summed E-state index contributed by atoms with van der Waals surface area (Å²) in [5.74, 6) is -1.49. The molecule has 0 spiro atoms. The van der Waals surface area contributed by atoms with Crippen molar-refractivity contribution in [1.29, 1.82) is 0 Å². The fourth-order valence-corrected chi connectivity index (χ4v) is 1.92. The quantitative estimate of drug-likeness (QED) is 0.802. The highest BCUT2D eigenvalue weighted by atomic mass is 32.2. The first-order chi connectivity index (χ1) is 9.25. The molecule has 13 heteroatoms. The van der Waals surface area contributed by atoms with E-state index < -0.39 is 51.1 Å². The average molecular weight is 339 g/mol. The molecular weight excluding hydrogens is 332 g/mol. The molecule has 120 valence electrons. The van der Waals surface area contributed by atoms with Crippen LogP contribution in [0.3, 0.4) is 0 Å². The minimum atomic E-state index is -5.35. The lowest BCUT2D eigenvalue weighted by molar-refractivity contribution is -0.275. The Kier molecular flexibility index (Phi) is 4.41. The monoisotopic (exact) mass is 339 g/mol. The summed E-state index contributed by atoms with van der Waals surface area (Å²) in [7, 11) is -4.99. The zero-order chi connectivity index (χ0) is 16.6. The molecule has 6 nitrogen and oxygen atoms in total. The smallest absolute Gasteiger partial charge is 0.403 e. The molecule has 0 radical (unpaired) electrons. The second kappa shape index (κ2) is 5.31. The standard InChI is InChI=1S/C8H7F6N3O3S/c9-7(10,11)5-3(2-15)1-4(20-8(12,13)14)6(17-5)21(16,18)19/h1H,2,15H2,(H2,16,18,19). The first-order valence-electron chi connectivity index (χ1n) is 4.85. The molecular formula is C8H7F6N3O3S. The van der Waals surface area contributed by atoms with Gasteiger partial charge < -0.3 is 10.5 Å². The van der Waals surface area contributed by atoms with Gasteiger partial charge in [0.05, 0.1) is 0 Å². The van der Waals surface area contributed by atoms with Crippen molar-refractivity contribution in [3.8, 4) is 5.75 Å². The number of halogens is 6. The van der Waals surface area contributed by atoms with Gasteiger partial charge in [-0.15, -0.1) is 13.2 Å². The van der Waals surface area contributed by atoms with Crippen LogP contribution in [0.4, 0.5) is 26.3 Å². The van der Waals surface area contributed by atoms with Crippen molar-refractivity contribution in [3.05, 3.63) is 17.3 Å². The number of aromatic nitrogens is 1. The molecule has 0 bridgehead atoms. The predicted molar refractivity (Wildman–Crippen MR) is 55.2 cm³/mol. The highest BCUT2D eigenvalue weighted by Gasteiger charge is 2.40. The van der Waals surface area contributed by atoms with Crippen molar-refractivity contribution in [2.75, 3.05) is 0 Å². The lowest BCUT2D eigenvalue weighted by Crippen LogP contribution is -2.25. The van der Waals surface area contributed by atoms with E-state index in [0.29, 0.717) is 0 Å². The Morgan fingerprint density at radius 1 is 1.19 bits per heavy atom. The SMILES string of the molecule is NCc1cc(OC(F)(F)F)c(S(N)(=O)=O)nc1C(F)(F)F. The summed E-state index contributed by atoms with van der Waals surface area (Å²) in [4.78, 5) is 2.63. The van der Waals surface area contributed by atoms with Gasteiger partial charge >= 0.3 is 12.5 Å². The van der Waals surface area contributed by atoms with Crippen LogP contribution >= 0.6 is 0 Å². The third kappa shape index (κ3) is 4.44. The Bertz CT molecular complexity index is 640. The van der Waals surface area contributed by atoms with Gasteiger partial charge in [0.25, 0.3) is 10.0 Å². The van der Waals surface area contributed by atoms with Gasteiger partial charge in [0, 0.05) is 12.1 Å². The first kappa shape index (κ1) is 17.5. The van der Waals surface area contributed by atoms with Gasteiger partial charge in [-0.05, 0) is 6.07 Å². The number of nitrogens with two attached hydrogens (primary N) is 2. The van der Waals surface area contributed by atoms with Crippen molar-refractivity contribution in [1.82, 2.24) is 4.98 Å². The van der Waals surface area contributed by atoms with E-state index in [2.05, 4.69) is 14.9 Å². The molecule has 0 aromatic carbocycles. The molecule has 1 aromatic rings. The van der Waals surface area contributed by atoms with E-state index in [1.54, 1.807) is 0 Å². The first-order valence-corrected chi connectivity index (χ1v) is 6.40. The van der Waals surface area contributed by atoms with E-state index >= 15 is 0 Å². The van der Waals surface area contributed by atoms with Gasteiger partial charge in [-0.3, -0.25) is 0 Å². The summed E-state index contributed by atoms with van der Waals surface area (Å²) in [6.07, 6.45) is -10.5. The molecule has 0 aliphatic rings. The minimum Gasteiger partial charge on any atom is -0.403 e. The van der Waals surface area contributed by atoms with E-state index in [0.717, 1.165) is 0 Å². The molecule has 1 aromatic heterocycles. The van der Waals surface area contributed by atoms with E-state index in [9.17, 15) is 34.8 Å². The van der Waals surface area contributed by atoms with Crippen LogP contribution in [0.5, 0.6) is 5.75 Å². The third-order valence-corrected chi connectivity index (χ3v) is 2.85. The molecule has 0 aliphatic heterocycles. The average Bonchev–Trinajstić information content (AvgIpc) is 2.22. The van der Waals surface area contributed by atoms with Crippen LogP contribution in [-0.2, 0) is 22.7 Å². The van der Waals surface area contributed by atoms with Crippen molar-refractivity contribution in [2.24, 2.45) is 10.9 Å². The van der Waals surface area contributed by atoms with E-state index in [4.69, 9.17) is 5.73 Å². The minimum absolute atomic E-state index is 0.184. The van der Waals surface area contributed by atoms with Gasteiger partial charge in [0.15, 0.2) is 11.4 Å². The van der Waals surface area contributed by atoms with Crippen LogP contribution in [0.2, 0.25) is 0 Å². The Hall–Kier alpha value is -1.60. The molecule has 21 heavy (non-hydrogen) atoms. The number of primary sulfonamides is 1. The topological polar surface area (TPSA) is 108 Å². The highest BCUT2D eigenvalue weighted by molar-refractivity contribution is 7.89. The number of hydrogen-bond donors (Lipinski definition) is 2. The van der Waals surface area contributed by atoms with Gasteiger partial charge in [0.2, 0.25) is 5.03 Å². The number of pyridine rings is 1.